The van der Waals surface area contributed by atoms with Crippen LogP contribution in [0.1, 0.15) is 17.5 Å². The number of benzene rings is 1. The maximum atomic E-state index is 3.44. The molecule has 0 saturated heterocycles. The van der Waals surface area contributed by atoms with E-state index >= 15 is 0 Å². The van der Waals surface area contributed by atoms with E-state index in [1.54, 1.807) is 0 Å². The van der Waals surface area contributed by atoms with Gasteiger partial charge in [0.1, 0.15) is 0 Å². The molecule has 0 N–H and O–H groups in total. The summed E-state index contributed by atoms with van der Waals surface area (Å²) in [4.78, 5) is 1.42. The first-order valence-electron chi connectivity index (χ1n) is 4.50. The highest BCUT2D eigenvalue weighted by atomic mass is 79.9. The molecule has 0 saturated carbocycles. The summed E-state index contributed by atoms with van der Waals surface area (Å²) in [7, 11) is 0. The first-order chi connectivity index (χ1) is 6.24. The predicted molar refractivity (Wildman–Crippen MR) is 65.1 cm³/mol. The molecule has 72 valence electrons. The summed E-state index contributed by atoms with van der Waals surface area (Å²) < 4.78 is 0. The molecule has 1 aromatic rings. The highest BCUT2D eigenvalue weighted by molar-refractivity contribution is 9.09. The molecule has 0 unspecified atom stereocenters. The molecule has 0 aliphatic rings. The Bertz CT molecular complexity index is 271. The molecule has 13 heavy (non-hydrogen) atoms. The van der Waals surface area contributed by atoms with E-state index in [-0.39, 0.29) is 0 Å². The Balaban J connectivity index is 2.56. The Morgan fingerprint density at radius 1 is 1.31 bits per heavy atom. The maximum Gasteiger partial charge on any atom is 0.0101 e. The van der Waals surface area contributed by atoms with Gasteiger partial charge in [0.2, 0.25) is 0 Å². The van der Waals surface area contributed by atoms with E-state index in [0.29, 0.717) is 0 Å². The summed E-state index contributed by atoms with van der Waals surface area (Å²) in [6.07, 6.45) is 1.23. The quantitative estimate of drug-likeness (QED) is 0.444. The molecule has 0 amide bonds. The molecular formula is C11H15BrS. The van der Waals surface area contributed by atoms with Gasteiger partial charge in [-0.3, -0.25) is 0 Å². The van der Waals surface area contributed by atoms with Crippen LogP contribution >= 0.6 is 27.7 Å². The van der Waals surface area contributed by atoms with Crippen molar-refractivity contribution in [1.82, 2.24) is 0 Å². The molecular weight excluding hydrogens is 244 g/mol. The second kappa shape index (κ2) is 5.71. The second-order valence-electron chi connectivity index (χ2n) is 3.16. The number of hydrogen-bond donors (Lipinski definition) is 0. The largest absolute Gasteiger partial charge is 0.126 e. The smallest absolute Gasteiger partial charge is 0.0101 e. The van der Waals surface area contributed by atoms with Crippen molar-refractivity contribution in [2.45, 2.75) is 25.2 Å². The van der Waals surface area contributed by atoms with E-state index < -0.39 is 0 Å². The lowest BCUT2D eigenvalue weighted by Crippen LogP contribution is -1.84. The van der Waals surface area contributed by atoms with Crippen molar-refractivity contribution in [3.05, 3.63) is 29.3 Å². The van der Waals surface area contributed by atoms with Gasteiger partial charge in [0.15, 0.2) is 0 Å². The highest BCUT2D eigenvalue weighted by Gasteiger charge is 1.98. The van der Waals surface area contributed by atoms with Crippen molar-refractivity contribution in [3.63, 3.8) is 0 Å². The Hall–Kier alpha value is 0.0500. The molecule has 1 rings (SSSR count). The standard InChI is InChI=1S/C11H15BrS/c1-9-4-5-11(10(2)8-9)13-7-3-6-12/h4-5,8H,3,6-7H2,1-2H3. The maximum absolute atomic E-state index is 3.44. The van der Waals surface area contributed by atoms with Gasteiger partial charge < -0.3 is 0 Å². The van der Waals surface area contributed by atoms with Crippen molar-refractivity contribution < 1.29 is 0 Å². The lowest BCUT2D eigenvalue weighted by atomic mass is 10.2. The Kier molecular flexibility index (Phi) is 4.89. The van der Waals surface area contributed by atoms with Crippen LogP contribution in [0.25, 0.3) is 0 Å². The molecule has 0 spiro atoms. The third kappa shape index (κ3) is 3.74. The molecule has 0 aliphatic heterocycles. The fourth-order valence-electron chi connectivity index (χ4n) is 1.20. The lowest BCUT2D eigenvalue weighted by molar-refractivity contribution is 1.13. The summed E-state index contributed by atoms with van der Waals surface area (Å²) in [5.41, 5.74) is 2.75. The van der Waals surface area contributed by atoms with E-state index in [0.717, 1.165) is 5.33 Å². The minimum atomic E-state index is 1.10. The fraction of sp³-hybridized carbons (Fsp3) is 0.455. The number of alkyl halides is 1. The Labute approximate surface area is 93.2 Å². The van der Waals surface area contributed by atoms with Crippen LogP contribution in [0.3, 0.4) is 0 Å². The minimum absolute atomic E-state index is 1.10. The molecule has 0 aromatic heterocycles. The molecule has 2 heteroatoms. The van der Waals surface area contributed by atoms with Gasteiger partial charge in [-0.1, -0.05) is 33.6 Å². The summed E-state index contributed by atoms with van der Waals surface area (Å²) >= 11 is 5.39. The predicted octanol–water partition coefficient (Wildman–Crippen LogP) is 4.18. The van der Waals surface area contributed by atoms with E-state index in [1.807, 2.05) is 11.8 Å². The van der Waals surface area contributed by atoms with Gasteiger partial charge in [-0.2, -0.15) is 0 Å². The van der Waals surface area contributed by atoms with Gasteiger partial charge in [0, 0.05) is 10.2 Å². The van der Waals surface area contributed by atoms with Crippen molar-refractivity contribution in [2.24, 2.45) is 0 Å². The van der Waals surface area contributed by atoms with Gasteiger partial charge in [-0.05, 0) is 37.7 Å². The van der Waals surface area contributed by atoms with Gasteiger partial charge >= 0.3 is 0 Å². The Morgan fingerprint density at radius 2 is 2.08 bits per heavy atom. The van der Waals surface area contributed by atoms with Crippen molar-refractivity contribution in [3.8, 4) is 0 Å². The van der Waals surface area contributed by atoms with Crippen molar-refractivity contribution in [1.29, 1.82) is 0 Å². The molecule has 0 nitrogen and oxygen atoms in total. The van der Waals surface area contributed by atoms with Crippen LogP contribution in [0.4, 0.5) is 0 Å². The topological polar surface area (TPSA) is 0 Å². The summed E-state index contributed by atoms with van der Waals surface area (Å²) in [6, 6.07) is 6.66. The molecule has 0 fully saturated rings. The van der Waals surface area contributed by atoms with Gasteiger partial charge in [0.25, 0.3) is 0 Å². The normalized spacial score (nSPS) is 10.4. The first-order valence-corrected chi connectivity index (χ1v) is 6.61. The number of aryl methyl sites for hydroxylation is 2. The number of halogens is 1. The zero-order valence-corrected chi connectivity index (χ0v) is 10.5. The van der Waals surface area contributed by atoms with E-state index in [1.165, 1.54) is 28.2 Å². The van der Waals surface area contributed by atoms with Gasteiger partial charge in [0.05, 0.1) is 0 Å². The summed E-state index contributed by atoms with van der Waals surface area (Å²) in [5.74, 6) is 1.20. The number of thioether (sulfide) groups is 1. The van der Waals surface area contributed by atoms with Crippen LogP contribution in [0.15, 0.2) is 23.1 Å². The molecule has 0 aliphatic carbocycles. The monoisotopic (exact) mass is 258 g/mol. The third-order valence-electron chi connectivity index (χ3n) is 1.87. The average molecular weight is 259 g/mol. The summed E-state index contributed by atoms with van der Waals surface area (Å²) in [5, 5.41) is 1.10. The number of rotatable bonds is 4. The Morgan fingerprint density at radius 3 is 2.69 bits per heavy atom. The van der Waals surface area contributed by atoms with Crippen LogP contribution in [-0.2, 0) is 0 Å². The van der Waals surface area contributed by atoms with Crippen LogP contribution in [0.2, 0.25) is 0 Å². The zero-order chi connectivity index (χ0) is 9.68. The van der Waals surface area contributed by atoms with Crippen LogP contribution in [-0.4, -0.2) is 11.1 Å². The molecule has 0 radical (unpaired) electrons. The molecule has 0 bridgehead atoms. The van der Waals surface area contributed by atoms with Crippen LogP contribution < -0.4 is 0 Å². The fourth-order valence-corrected chi connectivity index (χ4v) is 2.81. The van der Waals surface area contributed by atoms with Gasteiger partial charge in [-0.15, -0.1) is 11.8 Å². The van der Waals surface area contributed by atoms with Gasteiger partial charge in [-0.25, -0.2) is 0 Å². The molecule has 0 atom stereocenters. The van der Waals surface area contributed by atoms with Crippen LogP contribution in [0.5, 0.6) is 0 Å². The zero-order valence-electron chi connectivity index (χ0n) is 8.14. The van der Waals surface area contributed by atoms with Crippen LogP contribution in [0, 0.1) is 13.8 Å². The van der Waals surface area contributed by atoms with E-state index in [9.17, 15) is 0 Å². The number of hydrogen-bond acceptors (Lipinski definition) is 1. The van der Waals surface area contributed by atoms with Crippen molar-refractivity contribution in [2.75, 3.05) is 11.1 Å². The summed E-state index contributed by atoms with van der Waals surface area (Å²) in [6.45, 7) is 4.32. The molecule has 1 aromatic carbocycles. The highest BCUT2D eigenvalue weighted by Crippen LogP contribution is 2.23. The lowest BCUT2D eigenvalue weighted by Gasteiger charge is -2.05. The first kappa shape index (κ1) is 11.1. The minimum Gasteiger partial charge on any atom is -0.126 e. The second-order valence-corrected chi connectivity index (χ2v) is 5.09. The van der Waals surface area contributed by atoms with E-state index in [4.69, 9.17) is 0 Å². The molecule has 0 heterocycles. The SMILES string of the molecule is Cc1ccc(SCCCBr)c(C)c1. The van der Waals surface area contributed by atoms with E-state index in [2.05, 4.69) is 48.0 Å². The van der Waals surface area contributed by atoms with Crippen molar-refractivity contribution >= 4 is 27.7 Å². The average Bonchev–Trinajstić information content (AvgIpc) is 2.09. The third-order valence-corrected chi connectivity index (χ3v) is 3.69.